The maximum atomic E-state index is 9.40. The summed E-state index contributed by atoms with van der Waals surface area (Å²) < 4.78 is 6.02. The second-order valence-electron chi connectivity index (χ2n) is 3.90. The fraction of sp³-hybridized carbons (Fsp3) is 0.133. The first-order chi connectivity index (χ1) is 9.19. The maximum Gasteiger partial charge on any atom is 0.129 e. The Morgan fingerprint density at radius 3 is 2.58 bits per heavy atom. The zero-order chi connectivity index (χ0) is 13.7. The molecule has 0 aliphatic heterocycles. The summed E-state index contributed by atoms with van der Waals surface area (Å²) in [6.07, 6.45) is 1.75. The molecule has 2 aromatic rings. The van der Waals surface area contributed by atoms with Crippen LogP contribution in [0.4, 0.5) is 5.69 Å². The number of aromatic hydroxyl groups is 1. The molecule has 0 bridgehead atoms. The minimum absolute atomic E-state index is 0.221. The number of aliphatic imine (C=N–C) groups is 1. The molecule has 0 aliphatic carbocycles. The lowest BCUT2D eigenvalue weighted by Crippen LogP contribution is -1.89. The van der Waals surface area contributed by atoms with Gasteiger partial charge in [-0.25, -0.2) is 0 Å². The molecular formula is C15H14BrNO2. The van der Waals surface area contributed by atoms with Crippen molar-refractivity contribution in [2.24, 2.45) is 4.99 Å². The first-order valence-electron chi connectivity index (χ1n) is 5.94. The predicted molar refractivity (Wildman–Crippen MR) is 80.7 cm³/mol. The highest BCUT2D eigenvalue weighted by molar-refractivity contribution is 9.10. The molecule has 0 atom stereocenters. The maximum absolute atomic E-state index is 9.40. The molecule has 0 unspecified atom stereocenters. The van der Waals surface area contributed by atoms with E-state index in [4.69, 9.17) is 4.74 Å². The zero-order valence-electron chi connectivity index (χ0n) is 10.5. The van der Waals surface area contributed by atoms with Crippen LogP contribution >= 0.6 is 15.9 Å². The number of nitrogens with zero attached hydrogens (tertiary/aromatic N) is 1. The van der Waals surface area contributed by atoms with Crippen LogP contribution in [0.3, 0.4) is 0 Å². The lowest BCUT2D eigenvalue weighted by molar-refractivity contribution is 0.340. The van der Waals surface area contributed by atoms with E-state index in [9.17, 15) is 5.11 Å². The number of phenols is 1. The Morgan fingerprint density at radius 2 is 1.95 bits per heavy atom. The minimum atomic E-state index is 0.221. The molecule has 0 heterocycles. The van der Waals surface area contributed by atoms with Crippen LogP contribution < -0.4 is 4.74 Å². The van der Waals surface area contributed by atoms with Gasteiger partial charge in [0.25, 0.3) is 0 Å². The minimum Gasteiger partial charge on any atom is -0.507 e. The van der Waals surface area contributed by atoms with Crippen LogP contribution in [0.15, 0.2) is 51.9 Å². The van der Waals surface area contributed by atoms with E-state index in [1.807, 2.05) is 37.3 Å². The topological polar surface area (TPSA) is 41.8 Å². The second-order valence-corrected chi connectivity index (χ2v) is 4.75. The number of halogens is 1. The van der Waals surface area contributed by atoms with Crippen molar-refractivity contribution in [2.45, 2.75) is 6.92 Å². The highest BCUT2D eigenvalue weighted by Gasteiger charge is 1.97. The number of hydrogen-bond acceptors (Lipinski definition) is 3. The Bertz CT molecular complexity index is 579. The summed E-state index contributed by atoms with van der Waals surface area (Å²) >= 11 is 3.27. The molecule has 3 nitrogen and oxygen atoms in total. The van der Waals surface area contributed by atoms with Crippen LogP contribution in [0.1, 0.15) is 12.5 Å². The van der Waals surface area contributed by atoms with Crippen molar-refractivity contribution in [1.82, 2.24) is 0 Å². The van der Waals surface area contributed by atoms with Crippen LogP contribution in [-0.4, -0.2) is 17.9 Å². The van der Waals surface area contributed by atoms with E-state index in [1.54, 1.807) is 18.3 Å². The molecule has 0 aliphatic rings. The molecule has 1 N–H and O–H groups in total. The highest BCUT2D eigenvalue weighted by atomic mass is 79.9. The van der Waals surface area contributed by atoms with Crippen molar-refractivity contribution in [3.63, 3.8) is 0 Å². The number of hydrogen-bond donors (Lipinski definition) is 1. The highest BCUT2D eigenvalue weighted by Crippen LogP contribution is 2.24. The third-order valence-corrected chi connectivity index (χ3v) is 3.12. The lowest BCUT2D eigenvalue weighted by Gasteiger charge is -2.02. The zero-order valence-corrected chi connectivity index (χ0v) is 12.1. The Labute approximate surface area is 120 Å². The van der Waals surface area contributed by atoms with E-state index in [-0.39, 0.29) is 5.75 Å². The molecule has 0 saturated carbocycles. The molecule has 0 fully saturated rings. The van der Waals surface area contributed by atoms with Gasteiger partial charge in [0.1, 0.15) is 11.5 Å². The van der Waals surface area contributed by atoms with Gasteiger partial charge in [-0.3, -0.25) is 4.99 Å². The normalized spacial score (nSPS) is 10.8. The van der Waals surface area contributed by atoms with Crippen LogP contribution in [0, 0.1) is 0 Å². The van der Waals surface area contributed by atoms with Gasteiger partial charge in [-0.15, -0.1) is 0 Å². The van der Waals surface area contributed by atoms with Crippen molar-refractivity contribution in [3.05, 3.63) is 52.5 Å². The van der Waals surface area contributed by atoms with E-state index < -0.39 is 0 Å². The second kappa shape index (κ2) is 6.38. The Balaban J connectivity index is 2.11. The van der Waals surface area contributed by atoms with Gasteiger partial charge in [-0.1, -0.05) is 0 Å². The molecule has 2 rings (SSSR count). The van der Waals surface area contributed by atoms with Crippen molar-refractivity contribution >= 4 is 27.8 Å². The summed E-state index contributed by atoms with van der Waals surface area (Å²) in [4.78, 5) is 4.37. The van der Waals surface area contributed by atoms with Crippen LogP contribution in [0.25, 0.3) is 0 Å². The van der Waals surface area contributed by atoms with Crippen molar-refractivity contribution in [2.75, 3.05) is 6.61 Å². The molecule has 2 aromatic carbocycles. The number of phenolic OH excluding ortho intramolecular Hbond substituents is 1. The van der Waals surface area contributed by atoms with E-state index in [0.717, 1.165) is 17.0 Å². The SMILES string of the molecule is CCOc1ccc(N=Cc2ccc(O)c(Br)c2)cc1. The van der Waals surface area contributed by atoms with E-state index in [2.05, 4.69) is 20.9 Å². The van der Waals surface area contributed by atoms with Crippen LogP contribution in [-0.2, 0) is 0 Å². The smallest absolute Gasteiger partial charge is 0.129 e. The number of ether oxygens (including phenoxy) is 1. The first-order valence-corrected chi connectivity index (χ1v) is 6.74. The van der Waals surface area contributed by atoms with Crippen LogP contribution in [0.5, 0.6) is 11.5 Å². The van der Waals surface area contributed by atoms with Gasteiger partial charge in [0, 0.05) is 6.21 Å². The Morgan fingerprint density at radius 1 is 1.21 bits per heavy atom. The molecule has 0 amide bonds. The first kappa shape index (κ1) is 13.6. The van der Waals surface area contributed by atoms with E-state index in [1.165, 1.54) is 0 Å². The monoisotopic (exact) mass is 319 g/mol. The van der Waals surface area contributed by atoms with Crippen molar-refractivity contribution < 1.29 is 9.84 Å². The molecule has 0 aromatic heterocycles. The number of benzene rings is 2. The fourth-order valence-corrected chi connectivity index (χ4v) is 1.94. The summed E-state index contributed by atoms with van der Waals surface area (Å²) in [6.45, 7) is 2.61. The Kier molecular flexibility index (Phi) is 4.58. The van der Waals surface area contributed by atoms with Crippen molar-refractivity contribution in [3.8, 4) is 11.5 Å². The molecule has 0 saturated heterocycles. The summed E-state index contributed by atoms with van der Waals surface area (Å²) in [5.41, 5.74) is 1.77. The van der Waals surface area contributed by atoms with Gasteiger partial charge < -0.3 is 9.84 Å². The standard InChI is InChI=1S/C15H14BrNO2/c1-2-19-13-6-4-12(5-7-13)17-10-11-3-8-15(18)14(16)9-11/h3-10,18H,2H2,1H3. The van der Waals surface area contributed by atoms with Gasteiger partial charge in [0.15, 0.2) is 0 Å². The molecule has 0 radical (unpaired) electrons. The largest absolute Gasteiger partial charge is 0.507 e. The quantitative estimate of drug-likeness (QED) is 0.853. The third-order valence-electron chi connectivity index (χ3n) is 2.48. The summed E-state index contributed by atoms with van der Waals surface area (Å²) in [6, 6.07) is 12.8. The summed E-state index contributed by atoms with van der Waals surface area (Å²) in [5, 5.41) is 9.40. The molecule has 4 heteroatoms. The Hall–Kier alpha value is -1.81. The summed E-state index contributed by atoms with van der Waals surface area (Å²) in [7, 11) is 0. The third kappa shape index (κ3) is 3.83. The van der Waals surface area contributed by atoms with Gasteiger partial charge >= 0.3 is 0 Å². The molecule has 19 heavy (non-hydrogen) atoms. The van der Waals surface area contributed by atoms with Crippen molar-refractivity contribution in [1.29, 1.82) is 0 Å². The van der Waals surface area contributed by atoms with E-state index >= 15 is 0 Å². The van der Waals surface area contributed by atoms with Gasteiger partial charge in [0.05, 0.1) is 16.8 Å². The predicted octanol–water partition coefficient (Wildman–Crippen LogP) is 4.30. The lowest BCUT2D eigenvalue weighted by atomic mass is 10.2. The van der Waals surface area contributed by atoms with Gasteiger partial charge in [0.2, 0.25) is 0 Å². The van der Waals surface area contributed by atoms with Crippen LogP contribution in [0.2, 0.25) is 0 Å². The average molecular weight is 320 g/mol. The number of rotatable bonds is 4. The molecular weight excluding hydrogens is 306 g/mol. The molecule has 0 spiro atoms. The summed E-state index contributed by atoms with van der Waals surface area (Å²) in [5.74, 6) is 1.06. The fourth-order valence-electron chi connectivity index (χ4n) is 1.55. The molecule has 98 valence electrons. The average Bonchev–Trinajstić information content (AvgIpc) is 2.42. The van der Waals surface area contributed by atoms with E-state index in [0.29, 0.717) is 11.1 Å². The van der Waals surface area contributed by atoms with Gasteiger partial charge in [-0.2, -0.15) is 0 Å². The van der Waals surface area contributed by atoms with Gasteiger partial charge in [-0.05, 0) is 70.9 Å².